The van der Waals surface area contributed by atoms with E-state index in [1.807, 2.05) is 22.9 Å². The lowest BCUT2D eigenvalue weighted by Crippen LogP contribution is -2.46. The summed E-state index contributed by atoms with van der Waals surface area (Å²) in [5, 5.41) is 20.4. The summed E-state index contributed by atoms with van der Waals surface area (Å²) in [7, 11) is 3.22. The topological polar surface area (TPSA) is 118 Å². The molecule has 0 spiro atoms. The highest BCUT2D eigenvalue weighted by atomic mass is 16.5. The van der Waals surface area contributed by atoms with Gasteiger partial charge in [0.1, 0.15) is 11.5 Å². The van der Waals surface area contributed by atoms with Crippen molar-refractivity contribution >= 4 is 11.9 Å². The number of carboxylic acids is 1. The van der Waals surface area contributed by atoms with Crippen molar-refractivity contribution < 1.29 is 24.2 Å². The lowest BCUT2D eigenvalue weighted by Gasteiger charge is -2.28. The number of aliphatic carboxylic acids is 1. The predicted octanol–water partition coefficient (Wildman–Crippen LogP) is 2.55. The Balaban J connectivity index is 1.60. The zero-order chi connectivity index (χ0) is 25.5. The fraction of sp³-hybridized carbons (Fsp3) is 0.577. The van der Waals surface area contributed by atoms with E-state index in [-0.39, 0.29) is 24.1 Å². The van der Waals surface area contributed by atoms with Crippen LogP contribution in [0.25, 0.3) is 11.3 Å². The summed E-state index contributed by atoms with van der Waals surface area (Å²) in [6.45, 7) is 4.42. The summed E-state index contributed by atoms with van der Waals surface area (Å²) in [6, 6.07) is 7.05. The molecule has 10 heteroatoms. The van der Waals surface area contributed by atoms with Crippen LogP contribution in [0.3, 0.4) is 0 Å². The van der Waals surface area contributed by atoms with Crippen molar-refractivity contribution in [3.05, 3.63) is 30.0 Å². The Kier molecular flexibility index (Phi) is 8.82. The number of nitrogens with one attached hydrogen (secondary N) is 2. The molecule has 1 saturated heterocycles. The van der Waals surface area contributed by atoms with Crippen LogP contribution in [0, 0.1) is 0 Å². The Bertz CT molecular complexity index is 1020. The molecule has 1 aromatic carbocycles. The van der Waals surface area contributed by atoms with Crippen molar-refractivity contribution in [1.82, 2.24) is 25.3 Å². The van der Waals surface area contributed by atoms with E-state index < -0.39 is 12.0 Å². The number of aromatic nitrogens is 2. The van der Waals surface area contributed by atoms with Crippen molar-refractivity contribution in [2.75, 3.05) is 46.9 Å². The number of carbonyl (C=O) groups excluding carboxylic acids is 1. The van der Waals surface area contributed by atoms with Gasteiger partial charge in [-0.1, -0.05) is 18.9 Å². The predicted molar refractivity (Wildman–Crippen MR) is 136 cm³/mol. The molecule has 0 unspecified atom stereocenters. The Labute approximate surface area is 211 Å². The minimum Gasteiger partial charge on any atom is -0.496 e. The SMILES string of the molecule is COc1cccc(OC)c1-c1cc(C(=O)N[C@@H](CCN2CCNCC2)CC(=O)O)nn1C1CCCC1. The van der Waals surface area contributed by atoms with Gasteiger partial charge in [-0.3, -0.25) is 14.3 Å². The molecule has 2 aliphatic rings. The van der Waals surface area contributed by atoms with Gasteiger partial charge in [-0.15, -0.1) is 0 Å². The molecular weight excluding hydrogens is 462 g/mol. The fourth-order valence-electron chi connectivity index (χ4n) is 5.19. The summed E-state index contributed by atoms with van der Waals surface area (Å²) < 4.78 is 13.2. The van der Waals surface area contributed by atoms with Crippen LogP contribution < -0.4 is 20.1 Å². The number of nitrogens with zero attached hydrogens (tertiary/aromatic N) is 3. The monoisotopic (exact) mass is 499 g/mol. The van der Waals surface area contributed by atoms with Gasteiger partial charge in [0.25, 0.3) is 5.91 Å². The Hall–Kier alpha value is -3.11. The van der Waals surface area contributed by atoms with Gasteiger partial charge in [-0.05, 0) is 37.5 Å². The van der Waals surface area contributed by atoms with Crippen LogP contribution in [-0.4, -0.2) is 84.6 Å². The summed E-state index contributed by atoms with van der Waals surface area (Å²) >= 11 is 0. The van der Waals surface area contributed by atoms with Gasteiger partial charge in [0.15, 0.2) is 5.69 Å². The highest BCUT2D eigenvalue weighted by Gasteiger charge is 2.28. The first-order chi connectivity index (χ1) is 17.5. The molecule has 0 radical (unpaired) electrons. The molecule has 2 heterocycles. The van der Waals surface area contributed by atoms with Gasteiger partial charge < -0.3 is 30.1 Å². The first-order valence-electron chi connectivity index (χ1n) is 12.8. The number of amides is 1. The first kappa shape index (κ1) is 26.0. The Morgan fingerprint density at radius 1 is 1.17 bits per heavy atom. The van der Waals surface area contributed by atoms with Crippen LogP contribution in [0.2, 0.25) is 0 Å². The summed E-state index contributed by atoms with van der Waals surface area (Å²) in [5.41, 5.74) is 1.78. The summed E-state index contributed by atoms with van der Waals surface area (Å²) in [4.78, 5) is 27.1. The third kappa shape index (κ3) is 6.17. The zero-order valence-electron chi connectivity index (χ0n) is 21.2. The molecule has 1 aromatic heterocycles. The van der Waals surface area contributed by atoms with Crippen molar-refractivity contribution in [1.29, 1.82) is 0 Å². The van der Waals surface area contributed by atoms with Crippen molar-refractivity contribution in [3.63, 3.8) is 0 Å². The molecule has 1 atom stereocenters. The molecular formula is C26H37N5O5. The minimum atomic E-state index is -0.934. The standard InChI is InChI=1S/C26H37N5O5/c1-35-22-8-5-9-23(36-2)25(22)21-17-20(29-31(21)19-6-3-4-7-19)26(34)28-18(16-24(32)33)10-13-30-14-11-27-12-15-30/h5,8-9,17-19,27H,3-4,6-7,10-16H2,1-2H3,(H,28,34)(H,32,33)/t18-/m0/s1. The smallest absolute Gasteiger partial charge is 0.305 e. The van der Waals surface area contributed by atoms with Gasteiger partial charge in [0.05, 0.1) is 37.9 Å². The van der Waals surface area contributed by atoms with Gasteiger partial charge in [-0.2, -0.15) is 5.10 Å². The van der Waals surface area contributed by atoms with E-state index in [4.69, 9.17) is 14.6 Å². The van der Waals surface area contributed by atoms with Crippen LogP contribution >= 0.6 is 0 Å². The fourth-order valence-corrected chi connectivity index (χ4v) is 5.19. The number of carbonyl (C=O) groups is 2. The van der Waals surface area contributed by atoms with Crippen LogP contribution in [0.4, 0.5) is 0 Å². The zero-order valence-corrected chi connectivity index (χ0v) is 21.2. The molecule has 0 bridgehead atoms. The first-order valence-corrected chi connectivity index (χ1v) is 12.8. The largest absolute Gasteiger partial charge is 0.496 e. The molecule has 1 saturated carbocycles. The van der Waals surface area contributed by atoms with Crippen LogP contribution in [0.1, 0.15) is 55.1 Å². The lowest BCUT2D eigenvalue weighted by atomic mass is 10.1. The number of hydrogen-bond acceptors (Lipinski definition) is 7. The number of ether oxygens (including phenoxy) is 2. The second-order valence-corrected chi connectivity index (χ2v) is 9.48. The molecule has 36 heavy (non-hydrogen) atoms. The number of benzene rings is 1. The molecule has 196 valence electrons. The van der Waals surface area contributed by atoms with E-state index in [1.54, 1.807) is 20.3 Å². The van der Waals surface area contributed by atoms with Crippen molar-refractivity contribution in [3.8, 4) is 22.8 Å². The van der Waals surface area contributed by atoms with E-state index in [0.717, 1.165) is 69.7 Å². The maximum Gasteiger partial charge on any atom is 0.305 e. The molecule has 2 aromatic rings. The van der Waals surface area contributed by atoms with Crippen LogP contribution in [0.5, 0.6) is 11.5 Å². The maximum absolute atomic E-state index is 13.3. The molecule has 1 aliphatic heterocycles. The third-order valence-electron chi connectivity index (χ3n) is 7.08. The maximum atomic E-state index is 13.3. The molecule has 2 fully saturated rings. The molecule has 1 aliphatic carbocycles. The Morgan fingerprint density at radius 3 is 2.44 bits per heavy atom. The van der Waals surface area contributed by atoms with Gasteiger partial charge in [0.2, 0.25) is 0 Å². The van der Waals surface area contributed by atoms with E-state index in [2.05, 4.69) is 15.5 Å². The van der Waals surface area contributed by atoms with Gasteiger partial charge in [-0.25, -0.2) is 0 Å². The van der Waals surface area contributed by atoms with Crippen molar-refractivity contribution in [2.24, 2.45) is 0 Å². The average molecular weight is 500 g/mol. The van der Waals surface area contributed by atoms with Crippen molar-refractivity contribution in [2.45, 2.75) is 50.6 Å². The van der Waals surface area contributed by atoms with E-state index in [0.29, 0.717) is 17.9 Å². The average Bonchev–Trinajstić information content (AvgIpc) is 3.57. The molecule has 4 rings (SSSR count). The second-order valence-electron chi connectivity index (χ2n) is 9.48. The third-order valence-corrected chi connectivity index (χ3v) is 7.08. The molecule has 3 N–H and O–H groups in total. The van der Waals surface area contributed by atoms with Crippen LogP contribution in [-0.2, 0) is 4.79 Å². The number of methoxy groups -OCH3 is 2. The molecule has 1 amide bonds. The van der Waals surface area contributed by atoms with E-state index in [1.165, 1.54) is 0 Å². The van der Waals surface area contributed by atoms with Crippen LogP contribution in [0.15, 0.2) is 24.3 Å². The lowest BCUT2D eigenvalue weighted by molar-refractivity contribution is -0.137. The Morgan fingerprint density at radius 2 is 1.83 bits per heavy atom. The summed E-state index contributed by atoms with van der Waals surface area (Å²) in [5.74, 6) is -0.0228. The highest BCUT2D eigenvalue weighted by molar-refractivity contribution is 5.94. The van der Waals surface area contributed by atoms with Gasteiger partial charge >= 0.3 is 5.97 Å². The number of carboxylic acid groups (broad SMARTS) is 1. The second kappa shape index (κ2) is 12.2. The number of hydrogen-bond donors (Lipinski definition) is 3. The number of rotatable bonds is 11. The van der Waals surface area contributed by atoms with E-state index >= 15 is 0 Å². The normalized spacial score (nSPS) is 17.6. The minimum absolute atomic E-state index is 0.131. The highest BCUT2D eigenvalue weighted by Crippen LogP contribution is 2.41. The van der Waals surface area contributed by atoms with E-state index in [9.17, 15) is 14.7 Å². The summed E-state index contributed by atoms with van der Waals surface area (Å²) in [6.07, 6.45) is 4.63. The number of piperazine rings is 1. The molecule has 10 nitrogen and oxygen atoms in total. The quantitative estimate of drug-likeness (QED) is 0.432. The van der Waals surface area contributed by atoms with Gasteiger partial charge in [0, 0.05) is 38.8 Å².